The third-order valence-corrected chi connectivity index (χ3v) is 7.11. The fourth-order valence-corrected chi connectivity index (χ4v) is 5.07. The molecule has 2 aromatic carbocycles. The molecule has 0 spiro atoms. The minimum atomic E-state index is -1.31. The number of rotatable bonds is 14. The van der Waals surface area contributed by atoms with Crippen molar-refractivity contribution in [1.82, 2.24) is 15.0 Å². The van der Waals surface area contributed by atoms with Gasteiger partial charge in [-0.3, -0.25) is 4.79 Å². The fraction of sp³-hybridized carbons (Fsp3) is 0.407. The molecule has 1 heterocycles. The lowest BCUT2D eigenvalue weighted by Gasteiger charge is -2.29. The Bertz CT molecular complexity index is 1120. The van der Waals surface area contributed by atoms with Gasteiger partial charge in [-0.2, -0.15) is 0 Å². The molecule has 8 heteroatoms. The molecule has 0 fully saturated rings. The molecule has 1 amide bonds. The third kappa shape index (κ3) is 7.81. The highest BCUT2D eigenvalue weighted by Crippen LogP contribution is 2.22. The minimum absolute atomic E-state index is 0.167. The lowest BCUT2D eigenvalue weighted by molar-refractivity contribution is -0.142. The zero-order valence-corrected chi connectivity index (χ0v) is 21.6. The van der Waals surface area contributed by atoms with Gasteiger partial charge in [-0.15, -0.1) is 0 Å². The van der Waals surface area contributed by atoms with Gasteiger partial charge >= 0.3 is 5.97 Å². The molecule has 1 unspecified atom stereocenters. The van der Waals surface area contributed by atoms with Crippen LogP contribution in [0.3, 0.4) is 0 Å². The van der Waals surface area contributed by atoms with Crippen LogP contribution in [0.1, 0.15) is 44.2 Å². The molecule has 188 valence electrons. The first-order valence-electron chi connectivity index (χ1n) is 12.2. The van der Waals surface area contributed by atoms with Crippen LogP contribution in [0.15, 0.2) is 60.8 Å². The van der Waals surface area contributed by atoms with Gasteiger partial charge in [0.1, 0.15) is 14.7 Å². The Morgan fingerprint density at radius 1 is 1.06 bits per heavy atom. The van der Waals surface area contributed by atoms with E-state index < -0.39 is 26.7 Å². The molecule has 3 atom stereocenters. The number of carboxylic acids is 1. The zero-order valence-electron chi connectivity index (χ0n) is 20.4. The summed E-state index contributed by atoms with van der Waals surface area (Å²) in [6.07, 6.45) is 5.13. The summed E-state index contributed by atoms with van der Waals surface area (Å²) in [6.45, 7) is 4.56. The summed E-state index contributed by atoms with van der Waals surface area (Å²) in [4.78, 5) is 28.5. The number of carboxylic acid groups (broad SMARTS) is 1. The summed E-state index contributed by atoms with van der Waals surface area (Å²) in [7, 11) is -1.31. The molecular formula is C27H36N3O4P. The van der Waals surface area contributed by atoms with Crippen LogP contribution in [-0.4, -0.2) is 45.3 Å². The minimum Gasteiger partial charge on any atom is -0.480 e. The quantitative estimate of drug-likeness (QED) is 0.222. The maximum Gasteiger partial charge on any atom is 0.326 e. The smallest absolute Gasteiger partial charge is 0.326 e. The van der Waals surface area contributed by atoms with Gasteiger partial charge in [0.15, 0.2) is 0 Å². The molecule has 0 saturated carbocycles. The number of fused-ring (bicyclic) bond motifs is 1. The number of H-pyrrole nitrogens is 1. The van der Waals surface area contributed by atoms with E-state index in [9.17, 15) is 19.3 Å². The van der Waals surface area contributed by atoms with E-state index in [2.05, 4.69) is 22.4 Å². The monoisotopic (exact) mass is 497 g/mol. The van der Waals surface area contributed by atoms with Crippen molar-refractivity contribution in [3.05, 3.63) is 71.9 Å². The Morgan fingerprint density at radius 3 is 2.46 bits per heavy atom. The van der Waals surface area contributed by atoms with E-state index in [1.807, 2.05) is 56.3 Å². The van der Waals surface area contributed by atoms with Gasteiger partial charge < -0.3 is 20.0 Å². The number of aromatic nitrogens is 1. The number of nitrogens with zero attached hydrogens (tertiary/aromatic N) is 1. The largest absolute Gasteiger partial charge is 0.480 e. The molecule has 35 heavy (non-hydrogen) atoms. The van der Waals surface area contributed by atoms with Crippen LogP contribution < -0.4 is 5.32 Å². The SMILES string of the molecule is CC(C)C[C@@H](C(=O)N[C@@H](Cc1c[nH]c2ccccc12)C(=O)O)N(CCCCc1ccccc1)[PH2]=O. The zero-order chi connectivity index (χ0) is 25.2. The number of para-hydroxylation sites is 1. The van der Waals surface area contributed by atoms with E-state index in [-0.39, 0.29) is 18.2 Å². The second-order valence-electron chi connectivity index (χ2n) is 9.39. The van der Waals surface area contributed by atoms with Gasteiger partial charge in [-0.25, -0.2) is 9.46 Å². The van der Waals surface area contributed by atoms with Crippen molar-refractivity contribution in [3.8, 4) is 0 Å². The summed E-state index contributed by atoms with van der Waals surface area (Å²) >= 11 is 0. The normalized spacial score (nSPS) is 13.6. The van der Waals surface area contributed by atoms with Crippen LogP contribution >= 0.6 is 8.61 Å². The number of benzene rings is 2. The lowest BCUT2D eigenvalue weighted by atomic mass is 10.0. The molecular weight excluding hydrogens is 461 g/mol. The summed E-state index contributed by atoms with van der Waals surface area (Å²) in [6, 6.07) is 16.2. The standard InChI is InChI=1S/C27H36N3O4P/c1-19(2)16-25(30(35-34)15-9-8-12-20-10-4-3-5-11-20)26(31)29-24(27(32)33)17-21-18-28-23-14-7-6-13-22(21)23/h3-7,10-11,13-14,18-19,24-25,28H,8-9,12,15-17,35H2,1-2H3,(H,29,31)(H,32,33)/t24-,25-/m0/s1. The van der Waals surface area contributed by atoms with Crippen molar-refractivity contribution in [1.29, 1.82) is 0 Å². The Labute approximate surface area is 208 Å². The second-order valence-corrected chi connectivity index (χ2v) is 10.3. The van der Waals surface area contributed by atoms with E-state index in [1.165, 1.54) is 5.56 Å². The van der Waals surface area contributed by atoms with E-state index in [0.29, 0.717) is 13.0 Å². The molecule has 0 radical (unpaired) electrons. The molecule has 0 aliphatic carbocycles. The molecule has 3 aromatic rings. The van der Waals surface area contributed by atoms with Crippen molar-refractivity contribution in [3.63, 3.8) is 0 Å². The Balaban J connectivity index is 1.65. The number of carbonyl (C=O) groups excluding carboxylic acids is 1. The van der Waals surface area contributed by atoms with Crippen molar-refractivity contribution >= 4 is 31.4 Å². The molecule has 7 nitrogen and oxygen atoms in total. The van der Waals surface area contributed by atoms with Gasteiger partial charge in [0.05, 0.1) is 6.04 Å². The van der Waals surface area contributed by atoms with E-state index in [4.69, 9.17) is 0 Å². The Hall–Kier alpha value is -2.89. The molecule has 0 aliphatic heterocycles. The van der Waals surface area contributed by atoms with Crippen LogP contribution in [0.5, 0.6) is 0 Å². The molecule has 0 bridgehead atoms. The first-order chi connectivity index (χ1) is 16.9. The second kappa shape index (κ2) is 13.3. The highest BCUT2D eigenvalue weighted by molar-refractivity contribution is 7.20. The van der Waals surface area contributed by atoms with Gasteiger partial charge in [0.25, 0.3) is 0 Å². The number of nitrogens with one attached hydrogen (secondary N) is 2. The number of hydrogen-bond donors (Lipinski definition) is 3. The number of aliphatic carboxylic acids is 1. The van der Waals surface area contributed by atoms with Gasteiger partial charge in [0.2, 0.25) is 5.91 Å². The van der Waals surface area contributed by atoms with Gasteiger partial charge in [-0.05, 0) is 48.8 Å². The van der Waals surface area contributed by atoms with Crippen molar-refractivity contribution in [2.24, 2.45) is 5.92 Å². The number of amides is 1. The first kappa shape index (κ1) is 26.7. The van der Waals surface area contributed by atoms with Crippen LogP contribution in [0, 0.1) is 5.92 Å². The Kier molecular flexibility index (Phi) is 10.1. The number of carbonyl (C=O) groups is 2. The number of unbranched alkanes of at least 4 members (excludes halogenated alkanes) is 1. The van der Waals surface area contributed by atoms with Crippen molar-refractivity contribution < 1.29 is 19.3 Å². The third-order valence-electron chi connectivity index (χ3n) is 6.22. The number of aryl methyl sites for hydroxylation is 1. The summed E-state index contributed by atoms with van der Waals surface area (Å²) in [5.74, 6) is -1.27. The molecule has 3 rings (SSSR count). The van der Waals surface area contributed by atoms with Gasteiger partial charge in [0, 0.05) is 30.1 Å². The molecule has 0 saturated heterocycles. The Morgan fingerprint density at radius 2 is 1.77 bits per heavy atom. The van der Waals surface area contributed by atoms with Crippen LogP contribution in [0.25, 0.3) is 10.9 Å². The lowest BCUT2D eigenvalue weighted by Crippen LogP contribution is -2.50. The summed E-state index contributed by atoms with van der Waals surface area (Å²) in [5.41, 5.74) is 3.01. The number of hydrogen-bond acceptors (Lipinski definition) is 3. The predicted octanol–water partition coefficient (Wildman–Crippen LogP) is 4.69. The van der Waals surface area contributed by atoms with Crippen molar-refractivity contribution in [2.45, 2.75) is 58.0 Å². The van der Waals surface area contributed by atoms with Crippen LogP contribution in [-0.2, 0) is 27.0 Å². The summed E-state index contributed by atoms with van der Waals surface area (Å²) < 4.78 is 13.9. The van der Waals surface area contributed by atoms with E-state index in [1.54, 1.807) is 10.9 Å². The van der Waals surface area contributed by atoms with Crippen LogP contribution in [0.2, 0.25) is 0 Å². The van der Waals surface area contributed by atoms with E-state index in [0.717, 1.165) is 35.7 Å². The van der Waals surface area contributed by atoms with Crippen molar-refractivity contribution in [2.75, 3.05) is 6.54 Å². The average Bonchev–Trinajstić information content (AvgIpc) is 3.26. The predicted molar refractivity (Wildman–Crippen MR) is 141 cm³/mol. The van der Waals surface area contributed by atoms with E-state index >= 15 is 0 Å². The summed E-state index contributed by atoms with van der Waals surface area (Å²) in [5, 5.41) is 13.5. The number of aromatic amines is 1. The molecule has 0 aliphatic rings. The topological polar surface area (TPSA) is 102 Å². The highest BCUT2D eigenvalue weighted by atomic mass is 31.1. The highest BCUT2D eigenvalue weighted by Gasteiger charge is 2.30. The fourth-order valence-electron chi connectivity index (χ4n) is 4.38. The average molecular weight is 498 g/mol. The first-order valence-corrected chi connectivity index (χ1v) is 13.2. The molecule has 3 N–H and O–H groups in total. The maximum absolute atomic E-state index is 13.3. The van der Waals surface area contributed by atoms with Gasteiger partial charge in [-0.1, -0.05) is 62.4 Å². The maximum atomic E-state index is 13.3. The molecule has 1 aromatic heterocycles. The van der Waals surface area contributed by atoms with Crippen LogP contribution in [0.4, 0.5) is 0 Å².